The van der Waals surface area contributed by atoms with Gasteiger partial charge in [-0.25, -0.2) is 4.98 Å². The van der Waals surface area contributed by atoms with E-state index in [2.05, 4.69) is 16.0 Å². The summed E-state index contributed by atoms with van der Waals surface area (Å²) in [6.07, 6.45) is 6.33. The van der Waals surface area contributed by atoms with Gasteiger partial charge >= 0.3 is 0 Å². The molecular weight excluding hydrogens is 506 g/mol. The maximum Gasteiger partial charge on any atom is 0.251 e. The first-order valence-electron chi connectivity index (χ1n) is 13.5. The highest BCUT2D eigenvalue weighted by atomic mass is 16.5. The fourth-order valence-corrected chi connectivity index (χ4v) is 4.60. The van der Waals surface area contributed by atoms with E-state index in [1.165, 1.54) is 0 Å². The monoisotopic (exact) mass is 543 g/mol. The average Bonchev–Trinajstić information content (AvgIpc) is 3.34. The van der Waals surface area contributed by atoms with Gasteiger partial charge in [-0.15, -0.1) is 0 Å². The van der Waals surface area contributed by atoms with Crippen LogP contribution in [0, 0.1) is 0 Å². The number of nitrogens with zero attached hydrogens (tertiary/aromatic N) is 2. The van der Waals surface area contributed by atoms with Crippen LogP contribution in [-0.2, 0) is 13.0 Å². The summed E-state index contributed by atoms with van der Waals surface area (Å²) in [6.45, 7) is 3.84. The molecule has 4 aromatic rings. The number of hydrogen-bond acceptors (Lipinski definition) is 6. The van der Waals surface area contributed by atoms with E-state index in [0.29, 0.717) is 30.2 Å². The quantitative estimate of drug-likeness (QED) is 0.199. The molecule has 0 unspecified atom stereocenters. The zero-order valence-electron chi connectivity index (χ0n) is 23.6. The lowest BCUT2D eigenvalue weighted by atomic mass is 10.2. The molecule has 1 N–H and O–H groups in total. The Balaban J connectivity index is 1.34. The highest BCUT2D eigenvalue weighted by Gasteiger charge is 2.13. The number of hydrogen-bond donors (Lipinski definition) is 1. The molecule has 0 bridgehead atoms. The van der Waals surface area contributed by atoms with Crippen molar-refractivity contribution in [3.63, 3.8) is 0 Å². The van der Waals surface area contributed by atoms with E-state index in [9.17, 15) is 4.79 Å². The molecule has 0 fully saturated rings. The lowest BCUT2D eigenvalue weighted by Gasteiger charge is -2.13. The maximum absolute atomic E-state index is 12.7. The van der Waals surface area contributed by atoms with Gasteiger partial charge in [0.15, 0.2) is 23.0 Å². The van der Waals surface area contributed by atoms with Gasteiger partial charge in [-0.2, -0.15) is 0 Å². The number of nitrogens with one attached hydrogen (secondary N) is 1. The molecule has 8 heteroatoms. The predicted molar refractivity (Wildman–Crippen MR) is 158 cm³/mol. The largest absolute Gasteiger partial charge is 0.493 e. The third-order valence-electron chi connectivity index (χ3n) is 6.57. The summed E-state index contributed by atoms with van der Waals surface area (Å²) in [4.78, 5) is 17.5. The van der Waals surface area contributed by atoms with Crippen LogP contribution in [0.25, 0.3) is 17.1 Å². The summed E-state index contributed by atoms with van der Waals surface area (Å²) in [7, 11) is 4.78. The Kier molecular flexibility index (Phi) is 10.0. The molecule has 0 radical (unpaired) electrons. The number of amides is 1. The maximum atomic E-state index is 12.7. The molecule has 4 rings (SSSR count). The topological polar surface area (TPSA) is 83.8 Å². The number of methoxy groups -OCH3 is 3. The summed E-state index contributed by atoms with van der Waals surface area (Å²) in [5.74, 6) is 3.41. The molecule has 3 aromatic carbocycles. The fraction of sp³-hybridized carbons (Fsp3) is 0.312. The molecule has 0 saturated heterocycles. The van der Waals surface area contributed by atoms with Crippen LogP contribution in [-0.4, -0.2) is 49.9 Å². The lowest BCUT2D eigenvalue weighted by Crippen LogP contribution is -2.25. The summed E-state index contributed by atoms with van der Waals surface area (Å²) < 4.78 is 24.4. The van der Waals surface area contributed by atoms with Crippen molar-refractivity contribution in [1.82, 2.24) is 14.9 Å². The van der Waals surface area contributed by atoms with Crippen molar-refractivity contribution in [2.24, 2.45) is 0 Å². The zero-order valence-corrected chi connectivity index (χ0v) is 23.6. The minimum Gasteiger partial charge on any atom is -0.493 e. The number of aryl methyl sites for hydroxylation is 2. The molecule has 210 valence electrons. The first-order chi connectivity index (χ1) is 19.6. The molecule has 0 aliphatic carbocycles. The standard InChI is InChI=1S/C32H37N3O5/c1-5-10-23-14-16-28(29(21-23)38-3)40-20-9-19-35-26-12-7-6-11-25(26)34-31(35)13-8-18-33-32(36)24-15-17-27(37-2)30(22-24)39-4/h5-7,10-12,14-17,21-22H,8-9,13,18-20H2,1-4H3,(H,33,36)/b10-5+. The minimum atomic E-state index is -0.152. The van der Waals surface area contributed by atoms with Crippen LogP contribution in [0.5, 0.6) is 23.0 Å². The van der Waals surface area contributed by atoms with Crippen molar-refractivity contribution in [2.75, 3.05) is 34.5 Å². The molecule has 0 spiro atoms. The number of aromatic nitrogens is 2. The number of imidazole rings is 1. The normalized spacial score (nSPS) is 11.1. The van der Waals surface area contributed by atoms with Crippen LogP contribution in [0.3, 0.4) is 0 Å². The average molecular weight is 544 g/mol. The summed E-state index contributed by atoms with van der Waals surface area (Å²) in [6, 6.07) is 19.2. The van der Waals surface area contributed by atoms with Gasteiger partial charge < -0.3 is 28.8 Å². The first kappa shape index (κ1) is 28.5. The Labute approximate surface area is 235 Å². The van der Waals surface area contributed by atoms with Gasteiger partial charge in [0, 0.05) is 25.1 Å². The van der Waals surface area contributed by atoms with Crippen molar-refractivity contribution in [3.8, 4) is 23.0 Å². The van der Waals surface area contributed by atoms with Gasteiger partial charge in [0.2, 0.25) is 0 Å². The van der Waals surface area contributed by atoms with Gasteiger partial charge in [-0.3, -0.25) is 4.79 Å². The van der Waals surface area contributed by atoms with Crippen LogP contribution in [0.2, 0.25) is 0 Å². The second kappa shape index (κ2) is 14.1. The van der Waals surface area contributed by atoms with E-state index in [4.69, 9.17) is 23.9 Å². The number of ether oxygens (including phenoxy) is 4. The van der Waals surface area contributed by atoms with Crippen molar-refractivity contribution in [3.05, 3.63) is 83.7 Å². The second-order valence-corrected chi connectivity index (χ2v) is 9.21. The molecule has 0 aliphatic rings. The predicted octanol–water partition coefficient (Wildman–Crippen LogP) is 5.93. The minimum absolute atomic E-state index is 0.152. The van der Waals surface area contributed by atoms with Crippen LogP contribution >= 0.6 is 0 Å². The van der Waals surface area contributed by atoms with Gasteiger partial charge in [0.1, 0.15) is 5.82 Å². The molecule has 8 nitrogen and oxygen atoms in total. The number of rotatable bonds is 14. The van der Waals surface area contributed by atoms with Crippen molar-refractivity contribution < 1.29 is 23.7 Å². The molecule has 0 atom stereocenters. The van der Waals surface area contributed by atoms with Gasteiger partial charge in [0.25, 0.3) is 5.91 Å². The molecular formula is C32H37N3O5. The molecule has 1 aromatic heterocycles. The molecule has 1 heterocycles. The fourth-order valence-electron chi connectivity index (χ4n) is 4.60. The number of benzene rings is 3. The van der Waals surface area contributed by atoms with Crippen molar-refractivity contribution in [1.29, 1.82) is 0 Å². The Morgan fingerprint density at radius 2 is 1.65 bits per heavy atom. The Hall–Kier alpha value is -4.46. The molecule has 0 saturated carbocycles. The van der Waals surface area contributed by atoms with Gasteiger partial charge in [0.05, 0.1) is 39.0 Å². The molecule has 40 heavy (non-hydrogen) atoms. The van der Waals surface area contributed by atoms with E-state index >= 15 is 0 Å². The highest BCUT2D eigenvalue weighted by molar-refractivity contribution is 5.94. The van der Waals surface area contributed by atoms with Crippen LogP contribution in [0.4, 0.5) is 0 Å². The van der Waals surface area contributed by atoms with Gasteiger partial charge in [-0.1, -0.05) is 30.4 Å². The van der Waals surface area contributed by atoms with Crippen molar-refractivity contribution >= 4 is 23.0 Å². The SMILES string of the molecule is C/C=C/c1ccc(OCCCn2c(CCCNC(=O)c3ccc(OC)c(OC)c3)nc3ccccc32)c(OC)c1. The van der Waals surface area contributed by atoms with Gasteiger partial charge in [-0.05, 0) is 67.8 Å². The van der Waals surface area contributed by atoms with Crippen molar-refractivity contribution in [2.45, 2.75) is 32.7 Å². The number of para-hydroxylation sites is 2. The number of carbonyl (C=O) groups is 1. The third-order valence-corrected chi connectivity index (χ3v) is 6.57. The molecule has 0 aliphatic heterocycles. The van der Waals surface area contributed by atoms with E-state index in [-0.39, 0.29) is 5.91 Å². The Morgan fingerprint density at radius 1 is 0.900 bits per heavy atom. The van der Waals surface area contributed by atoms with E-state index in [1.54, 1.807) is 39.5 Å². The van der Waals surface area contributed by atoms with Crippen LogP contribution < -0.4 is 24.3 Å². The van der Waals surface area contributed by atoms with E-state index in [0.717, 1.165) is 59.7 Å². The van der Waals surface area contributed by atoms with Crippen LogP contribution in [0.15, 0.2) is 66.7 Å². The summed E-state index contributed by atoms with van der Waals surface area (Å²) in [5.41, 5.74) is 3.66. The zero-order chi connectivity index (χ0) is 28.3. The Morgan fingerprint density at radius 3 is 2.42 bits per heavy atom. The molecule has 1 amide bonds. The van der Waals surface area contributed by atoms with E-state index in [1.807, 2.05) is 55.5 Å². The Bertz CT molecular complexity index is 1460. The number of carbonyl (C=O) groups excluding carboxylic acids is 1. The smallest absolute Gasteiger partial charge is 0.251 e. The second-order valence-electron chi connectivity index (χ2n) is 9.21. The summed E-state index contributed by atoms with van der Waals surface area (Å²) in [5, 5.41) is 3.00. The number of allylic oxidation sites excluding steroid dienone is 1. The van der Waals surface area contributed by atoms with Crippen LogP contribution in [0.1, 0.15) is 41.5 Å². The highest BCUT2D eigenvalue weighted by Crippen LogP contribution is 2.29. The van der Waals surface area contributed by atoms with E-state index < -0.39 is 0 Å². The number of fused-ring (bicyclic) bond motifs is 1. The lowest BCUT2D eigenvalue weighted by molar-refractivity contribution is 0.0952. The summed E-state index contributed by atoms with van der Waals surface area (Å²) >= 11 is 0. The third kappa shape index (κ3) is 6.94. The first-order valence-corrected chi connectivity index (χ1v) is 13.5.